The summed E-state index contributed by atoms with van der Waals surface area (Å²) < 4.78 is 6.56. The molecular weight excluding hydrogens is 563 g/mol. The summed E-state index contributed by atoms with van der Waals surface area (Å²) in [6.45, 7) is 0.273. The molecule has 0 saturated heterocycles. The van der Waals surface area contributed by atoms with Crippen LogP contribution in [-0.4, -0.2) is 17.2 Å². The summed E-state index contributed by atoms with van der Waals surface area (Å²) in [6, 6.07) is 28.1. The number of hydrazone groups is 1. The Balaban J connectivity index is 1.45. The van der Waals surface area contributed by atoms with Gasteiger partial charge in [0, 0.05) is 15.6 Å². The number of halogens is 3. The molecule has 5 nitrogen and oxygen atoms in total. The number of hydrogen-bond acceptors (Lipinski definition) is 4. The van der Waals surface area contributed by atoms with E-state index in [9.17, 15) is 9.90 Å². The number of nitrogens with zero attached hydrogens (tertiary/aromatic N) is 1. The van der Waals surface area contributed by atoms with Crippen molar-refractivity contribution in [2.45, 2.75) is 12.2 Å². The fraction of sp³-hybridized carbons (Fsp3) is 0.0714. The van der Waals surface area contributed by atoms with Crippen LogP contribution in [0.5, 0.6) is 5.75 Å². The van der Waals surface area contributed by atoms with Crippen LogP contribution in [0.2, 0.25) is 10.0 Å². The Morgan fingerprint density at radius 2 is 1.58 bits per heavy atom. The van der Waals surface area contributed by atoms with Crippen LogP contribution in [0.25, 0.3) is 0 Å². The van der Waals surface area contributed by atoms with Gasteiger partial charge in [-0.3, -0.25) is 4.79 Å². The van der Waals surface area contributed by atoms with Crippen LogP contribution in [0.15, 0.2) is 107 Å². The molecule has 36 heavy (non-hydrogen) atoms. The van der Waals surface area contributed by atoms with Gasteiger partial charge in [-0.15, -0.1) is 0 Å². The zero-order chi connectivity index (χ0) is 25.5. The predicted octanol–water partition coefficient (Wildman–Crippen LogP) is 6.72. The second-order valence-corrected chi connectivity index (χ2v) is 9.55. The Bertz CT molecular complexity index is 1340. The van der Waals surface area contributed by atoms with E-state index in [2.05, 4.69) is 26.5 Å². The monoisotopic (exact) mass is 582 g/mol. The van der Waals surface area contributed by atoms with E-state index in [1.165, 1.54) is 6.21 Å². The number of carbonyl (C=O) groups excluding carboxylic acids is 1. The molecule has 4 aromatic rings. The highest BCUT2D eigenvalue weighted by atomic mass is 79.9. The highest BCUT2D eigenvalue weighted by molar-refractivity contribution is 9.10. The minimum Gasteiger partial charge on any atom is -0.488 e. The topological polar surface area (TPSA) is 70.9 Å². The normalized spacial score (nSPS) is 11.4. The van der Waals surface area contributed by atoms with Gasteiger partial charge in [-0.1, -0.05) is 89.9 Å². The van der Waals surface area contributed by atoms with Crippen molar-refractivity contribution in [2.75, 3.05) is 0 Å². The Labute approximate surface area is 227 Å². The summed E-state index contributed by atoms with van der Waals surface area (Å²) in [5.74, 6) is -0.0558. The Kier molecular flexibility index (Phi) is 8.44. The van der Waals surface area contributed by atoms with E-state index in [1.807, 2.05) is 18.2 Å². The number of benzene rings is 4. The minimum atomic E-state index is -1.90. The average molecular weight is 584 g/mol. The lowest BCUT2D eigenvalue weighted by atomic mass is 9.85. The molecule has 8 heteroatoms. The van der Waals surface area contributed by atoms with Gasteiger partial charge in [0.25, 0.3) is 5.91 Å². The molecule has 0 aliphatic heterocycles. The molecule has 0 fully saturated rings. The molecule has 0 aliphatic carbocycles. The van der Waals surface area contributed by atoms with E-state index in [0.717, 1.165) is 5.56 Å². The average Bonchev–Trinajstić information content (AvgIpc) is 2.89. The lowest BCUT2D eigenvalue weighted by Gasteiger charge is -2.27. The van der Waals surface area contributed by atoms with Gasteiger partial charge in [0.05, 0.1) is 10.7 Å². The van der Waals surface area contributed by atoms with Gasteiger partial charge in [-0.2, -0.15) is 5.10 Å². The van der Waals surface area contributed by atoms with Gasteiger partial charge < -0.3 is 9.84 Å². The summed E-state index contributed by atoms with van der Waals surface area (Å²) in [6.07, 6.45) is 1.49. The van der Waals surface area contributed by atoms with Crippen LogP contribution in [0.3, 0.4) is 0 Å². The quantitative estimate of drug-likeness (QED) is 0.179. The molecule has 0 unspecified atom stereocenters. The summed E-state index contributed by atoms with van der Waals surface area (Å²) in [5, 5.41) is 16.6. The maximum atomic E-state index is 13.1. The first-order valence-electron chi connectivity index (χ1n) is 10.9. The Hall–Kier alpha value is -3.16. The first kappa shape index (κ1) is 25.9. The van der Waals surface area contributed by atoms with Crippen molar-refractivity contribution in [3.8, 4) is 5.75 Å². The highest BCUT2D eigenvalue weighted by Crippen LogP contribution is 2.30. The van der Waals surface area contributed by atoms with E-state index in [1.54, 1.807) is 78.9 Å². The zero-order valence-corrected chi connectivity index (χ0v) is 22.0. The van der Waals surface area contributed by atoms with Crippen LogP contribution >= 0.6 is 39.1 Å². The van der Waals surface area contributed by atoms with Gasteiger partial charge >= 0.3 is 0 Å². The van der Waals surface area contributed by atoms with Crippen LogP contribution in [0.1, 0.15) is 22.3 Å². The van der Waals surface area contributed by atoms with Crippen LogP contribution < -0.4 is 10.2 Å². The molecule has 0 bridgehead atoms. The molecule has 2 N–H and O–H groups in total. The molecule has 0 heterocycles. The van der Waals surface area contributed by atoms with E-state index in [-0.39, 0.29) is 6.61 Å². The predicted molar refractivity (Wildman–Crippen MR) is 147 cm³/mol. The molecular formula is C28H21BrCl2N2O3. The molecule has 0 spiro atoms. The number of amides is 1. The second kappa shape index (κ2) is 11.7. The van der Waals surface area contributed by atoms with Crippen molar-refractivity contribution < 1.29 is 14.6 Å². The van der Waals surface area contributed by atoms with Gasteiger partial charge in [0.2, 0.25) is 0 Å². The largest absolute Gasteiger partial charge is 0.488 e. The lowest BCUT2D eigenvalue weighted by Crippen LogP contribution is -2.43. The van der Waals surface area contributed by atoms with Crippen molar-refractivity contribution in [3.05, 3.63) is 134 Å². The zero-order valence-electron chi connectivity index (χ0n) is 18.9. The molecule has 1 amide bonds. The molecule has 4 aromatic carbocycles. The number of aliphatic hydroxyl groups is 1. The fourth-order valence-corrected chi connectivity index (χ4v) is 4.52. The van der Waals surface area contributed by atoms with Crippen molar-refractivity contribution in [1.82, 2.24) is 5.43 Å². The highest BCUT2D eigenvalue weighted by Gasteiger charge is 2.39. The molecule has 0 aromatic heterocycles. The van der Waals surface area contributed by atoms with Crippen LogP contribution in [0.4, 0.5) is 0 Å². The van der Waals surface area contributed by atoms with Gasteiger partial charge in [-0.25, -0.2) is 5.43 Å². The number of nitrogens with one attached hydrogen (secondary N) is 1. The molecule has 0 radical (unpaired) electrons. The smallest absolute Gasteiger partial charge is 0.281 e. The molecule has 182 valence electrons. The summed E-state index contributed by atoms with van der Waals surface area (Å²) in [5.41, 5.74) is 2.97. The number of rotatable bonds is 8. The second-order valence-electron chi connectivity index (χ2n) is 7.86. The summed E-state index contributed by atoms with van der Waals surface area (Å²) >= 11 is 15.6. The maximum absolute atomic E-state index is 13.1. The van der Waals surface area contributed by atoms with Gasteiger partial charge in [-0.05, 0) is 63.0 Å². The third-order valence-corrected chi connectivity index (χ3v) is 6.65. The van der Waals surface area contributed by atoms with Gasteiger partial charge in [0.15, 0.2) is 5.60 Å². The van der Waals surface area contributed by atoms with Crippen LogP contribution in [-0.2, 0) is 17.0 Å². The maximum Gasteiger partial charge on any atom is 0.281 e. The van der Waals surface area contributed by atoms with Crippen molar-refractivity contribution in [1.29, 1.82) is 0 Å². The van der Waals surface area contributed by atoms with Crippen molar-refractivity contribution >= 4 is 51.3 Å². The summed E-state index contributed by atoms with van der Waals surface area (Å²) in [7, 11) is 0. The van der Waals surface area contributed by atoms with Crippen molar-refractivity contribution in [3.63, 3.8) is 0 Å². The molecule has 0 atom stereocenters. The van der Waals surface area contributed by atoms with E-state index in [4.69, 9.17) is 27.9 Å². The Morgan fingerprint density at radius 1 is 0.944 bits per heavy atom. The standard InChI is InChI=1S/C28H21BrCl2N2O3/c29-24-15-19(11-14-26(24)36-18-20-12-13-23(30)16-25(20)31)17-32-33-27(34)28(35,21-7-3-1-4-8-21)22-9-5-2-6-10-22/h1-17,35H,18H2,(H,33,34)/b32-17+. The van der Waals surface area contributed by atoms with Crippen molar-refractivity contribution in [2.24, 2.45) is 5.10 Å². The van der Waals surface area contributed by atoms with Gasteiger partial charge in [0.1, 0.15) is 12.4 Å². The summed E-state index contributed by atoms with van der Waals surface area (Å²) in [4.78, 5) is 13.1. The van der Waals surface area contributed by atoms with E-state index in [0.29, 0.717) is 37.0 Å². The number of ether oxygens (including phenoxy) is 1. The van der Waals surface area contributed by atoms with Crippen LogP contribution in [0, 0.1) is 0 Å². The molecule has 0 aliphatic rings. The van der Waals surface area contributed by atoms with E-state index < -0.39 is 11.5 Å². The van der Waals surface area contributed by atoms with E-state index >= 15 is 0 Å². The molecule has 4 rings (SSSR count). The molecule has 0 saturated carbocycles. The minimum absolute atomic E-state index is 0.273. The first-order valence-corrected chi connectivity index (χ1v) is 12.5. The third kappa shape index (κ3) is 5.97. The SMILES string of the molecule is O=C(N/N=C/c1ccc(OCc2ccc(Cl)cc2Cl)c(Br)c1)C(O)(c1ccccc1)c1ccccc1. The number of hydrogen-bond donors (Lipinski definition) is 2. The Morgan fingerprint density at radius 3 is 2.17 bits per heavy atom. The lowest BCUT2D eigenvalue weighted by molar-refractivity contribution is -0.136. The fourth-order valence-electron chi connectivity index (χ4n) is 3.54. The third-order valence-electron chi connectivity index (χ3n) is 5.45. The first-order chi connectivity index (χ1) is 17.4. The number of carbonyl (C=O) groups is 1.